The average molecular weight is 462 g/mol. The first-order valence-electron chi connectivity index (χ1n) is 8.14. The second kappa shape index (κ2) is 9.12. The van der Waals surface area contributed by atoms with Crippen LogP contribution in [-0.2, 0) is 4.74 Å². The van der Waals surface area contributed by atoms with Crippen molar-refractivity contribution >= 4 is 34.6 Å². The molecule has 0 unspecified atom stereocenters. The van der Waals surface area contributed by atoms with E-state index in [4.69, 9.17) is 14.2 Å². The topological polar surface area (TPSA) is 77.1 Å². The molecular formula is C17H23IN2O5. The number of amides is 2. The molecule has 1 heterocycles. The summed E-state index contributed by atoms with van der Waals surface area (Å²) in [6.07, 6.45) is 1.12. The van der Waals surface area contributed by atoms with E-state index in [1.54, 1.807) is 31.1 Å². The van der Waals surface area contributed by atoms with Crippen LogP contribution in [0.15, 0.2) is 12.1 Å². The van der Waals surface area contributed by atoms with Gasteiger partial charge in [-0.3, -0.25) is 4.79 Å². The van der Waals surface area contributed by atoms with Gasteiger partial charge in [-0.25, -0.2) is 4.79 Å². The van der Waals surface area contributed by atoms with E-state index in [9.17, 15) is 9.59 Å². The Labute approximate surface area is 161 Å². The molecule has 1 aromatic carbocycles. The fourth-order valence-corrected chi connectivity index (χ4v) is 3.40. The molecule has 2 rings (SSSR count). The minimum absolute atomic E-state index is 0.0297. The van der Waals surface area contributed by atoms with E-state index in [2.05, 4.69) is 27.9 Å². The van der Waals surface area contributed by atoms with Crippen LogP contribution in [0.4, 0.5) is 4.79 Å². The summed E-state index contributed by atoms with van der Waals surface area (Å²) in [4.78, 5) is 26.0. The van der Waals surface area contributed by atoms with Crippen LogP contribution in [0.25, 0.3) is 0 Å². The van der Waals surface area contributed by atoms with Gasteiger partial charge in [-0.2, -0.15) is 0 Å². The lowest BCUT2D eigenvalue weighted by molar-refractivity contribution is 0.0859. The predicted octanol–water partition coefficient (Wildman–Crippen LogP) is 2.66. The van der Waals surface area contributed by atoms with Gasteiger partial charge in [0.15, 0.2) is 11.5 Å². The maximum atomic E-state index is 12.6. The molecule has 138 valence electrons. The van der Waals surface area contributed by atoms with Crippen molar-refractivity contribution < 1.29 is 23.8 Å². The normalized spacial score (nSPS) is 14.8. The molecule has 1 aliphatic rings. The average Bonchev–Trinajstić information content (AvgIpc) is 2.62. The third-order valence-electron chi connectivity index (χ3n) is 4.07. The van der Waals surface area contributed by atoms with Crippen molar-refractivity contribution in [2.45, 2.75) is 25.8 Å². The molecule has 0 aliphatic carbocycles. The molecule has 1 aliphatic heterocycles. The number of halogens is 1. The van der Waals surface area contributed by atoms with Crippen molar-refractivity contribution in [3.63, 3.8) is 0 Å². The van der Waals surface area contributed by atoms with Gasteiger partial charge in [-0.15, -0.1) is 0 Å². The zero-order chi connectivity index (χ0) is 18.4. The Morgan fingerprint density at radius 2 is 1.80 bits per heavy atom. The van der Waals surface area contributed by atoms with Crippen LogP contribution in [0.2, 0.25) is 0 Å². The Morgan fingerprint density at radius 1 is 1.20 bits per heavy atom. The summed E-state index contributed by atoms with van der Waals surface area (Å²) in [5.41, 5.74) is 0.547. The summed E-state index contributed by atoms with van der Waals surface area (Å²) in [5.74, 6) is 0.955. The second-order valence-electron chi connectivity index (χ2n) is 5.62. The summed E-state index contributed by atoms with van der Waals surface area (Å²) in [6.45, 7) is 3.31. The van der Waals surface area contributed by atoms with Crippen LogP contribution in [0.1, 0.15) is 30.1 Å². The third-order valence-corrected chi connectivity index (χ3v) is 4.97. The molecule has 0 saturated carbocycles. The molecule has 0 bridgehead atoms. The zero-order valence-corrected chi connectivity index (χ0v) is 16.8. The standard InChI is InChI=1S/C17H23IN2O5/c1-4-25-17(22)20-7-5-11(6-8-20)19-16(21)12-9-14(23-2)15(24-3)10-13(12)18/h9-11H,4-8H2,1-3H3,(H,19,21). The molecule has 25 heavy (non-hydrogen) atoms. The minimum atomic E-state index is -0.290. The highest BCUT2D eigenvalue weighted by Crippen LogP contribution is 2.31. The fourth-order valence-electron chi connectivity index (χ4n) is 2.71. The van der Waals surface area contributed by atoms with Gasteiger partial charge in [-0.1, -0.05) is 0 Å². The number of hydrogen-bond donors (Lipinski definition) is 1. The van der Waals surface area contributed by atoms with Crippen LogP contribution in [0.5, 0.6) is 11.5 Å². The number of carbonyl (C=O) groups excluding carboxylic acids is 2. The molecule has 0 radical (unpaired) electrons. The summed E-state index contributed by atoms with van der Waals surface area (Å²) >= 11 is 2.11. The Hall–Kier alpha value is -1.71. The molecular weight excluding hydrogens is 439 g/mol. The van der Waals surface area contributed by atoms with Gasteiger partial charge < -0.3 is 24.4 Å². The number of methoxy groups -OCH3 is 2. The number of rotatable bonds is 5. The second-order valence-corrected chi connectivity index (χ2v) is 6.78. The van der Waals surface area contributed by atoms with E-state index in [1.807, 2.05) is 0 Å². The number of piperidine rings is 1. The van der Waals surface area contributed by atoms with E-state index in [0.29, 0.717) is 49.6 Å². The number of carbonyl (C=O) groups is 2. The highest BCUT2D eigenvalue weighted by molar-refractivity contribution is 14.1. The largest absolute Gasteiger partial charge is 0.493 e. The Kier molecular flexibility index (Phi) is 7.15. The van der Waals surface area contributed by atoms with Crippen molar-refractivity contribution in [2.75, 3.05) is 33.9 Å². The monoisotopic (exact) mass is 462 g/mol. The molecule has 0 spiro atoms. The highest BCUT2D eigenvalue weighted by Gasteiger charge is 2.25. The summed E-state index contributed by atoms with van der Waals surface area (Å²) in [5, 5.41) is 3.04. The number of nitrogens with zero attached hydrogens (tertiary/aromatic N) is 1. The Balaban J connectivity index is 1.98. The van der Waals surface area contributed by atoms with Crippen LogP contribution < -0.4 is 14.8 Å². The molecule has 7 nitrogen and oxygen atoms in total. The van der Waals surface area contributed by atoms with Crippen LogP contribution in [-0.4, -0.2) is 56.9 Å². The van der Waals surface area contributed by atoms with Crippen LogP contribution in [0.3, 0.4) is 0 Å². The molecule has 0 aromatic heterocycles. The van der Waals surface area contributed by atoms with Gasteiger partial charge >= 0.3 is 6.09 Å². The summed E-state index contributed by atoms with van der Waals surface area (Å²) < 4.78 is 16.3. The smallest absolute Gasteiger partial charge is 0.409 e. The Morgan fingerprint density at radius 3 is 2.36 bits per heavy atom. The van der Waals surface area contributed by atoms with E-state index in [0.717, 1.165) is 3.57 Å². The van der Waals surface area contributed by atoms with Crippen molar-refractivity contribution in [1.29, 1.82) is 0 Å². The van der Waals surface area contributed by atoms with Crippen molar-refractivity contribution in [3.8, 4) is 11.5 Å². The minimum Gasteiger partial charge on any atom is -0.493 e. The molecule has 1 aromatic rings. The number of hydrogen-bond acceptors (Lipinski definition) is 5. The maximum absolute atomic E-state index is 12.6. The SMILES string of the molecule is CCOC(=O)N1CCC(NC(=O)c2cc(OC)c(OC)cc2I)CC1. The predicted molar refractivity (Wildman–Crippen MR) is 101 cm³/mol. The highest BCUT2D eigenvalue weighted by atomic mass is 127. The van der Waals surface area contributed by atoms with E-state index in [1.165, 1.54) is 7.11 Å². The van der Waals surface area contributed by atoms with Crippen molar-refractivity contribution in [2.24, 2.45) is 0 Å². The lowest BCUT2D eigenvalue weighted by Crippen LogP contribution is -2.46. The molecule has 1 saturated heterocycles. The number of benzene rings is 1. The quantitative estimate of drug-likeness (QED) is 0.682. The van der Waals surface area contributed by atoms with Gasteiger partial charge in [-0.05, 0) is 54.5 Å². The van der Waals surface area contributed by atoms with Crippen molar-refractivity contribution in [1.82, 2.24) is 10.2 Å². The van der Waals surface area contributed by atoms with Gasteiger partial charge in [0.1, 0.15) is 0 Å². The van der Waals surface area contributed by atoms with Gasteiger partial charge in [0, 0.05) is 22.7 Å². The van der Waals surface area contributed by atoms with Gasteiger partial charge in [0.05, 0.1) is 26.4 Å². The fraction of sp³-hybridized carbons (Fsp3) is 0.529. The third kappa shape index (κ3) is 4.90. The molecule has 0 atom stereocenters. The molecule has 1 N–H and O–H groups in total. The van der Waals surface area contributed by atoms with E-state index < -0.39 is 0 Å². The number of nitrogens with one attached hydrogen (secondary N) is 1. The van der Waals surface area contributed by atoms with Gasteiger partial charge in [0.2, 0.25) is 0 Å². The summed E-state index contributed by atoms with van der Waals surface area (Å²) in [6, 6.07) is 3.49. The maximum Gasteiger partial charge on any atom is 0.409 e. The van der Waals surface area contributed by atoms with Crippen molar-refractivity contribution in [3.05, 3.63) is 21.3 Å². The number of ether oxygens (including phenoxy) is 3. The molecule has 8 heteroatoms. The first-order valence-corrected chi connectivity index (χ1v) is 9.22. The zero-order valence-electron chi connectivity index (χ0n) is 14.6. The first-order chi connectivity index (χ1) is 12.0. The van der Waals surface area contributed by atoms with E-state index >= 15 is 0 Å². The lowest BCUT2D eigenvalue weighted by atomic mass is 10.0. The lowest BCUT2D eigenvalue weighted by Gasteiger charge is -2.31. The molecule has 1 fully saturated rings. The number of likely N-dealkylation sites (tertiary alicyclic amines) is 1. The van der Waals surface area contributed by atoms with Gasteiger partial charge in [0.25, 0.3) is 5.91 Å². The Bertz CT molecular complexity index is 630. The van der Waals surface area contributed by atoms with Crippen LogP contribution >= 0.6 is 22.6 Å². The summed E-state index contributed by atoms with van der Waals surface area (Å²) in [7, 11) is 3.10. The first kappa shape index (κ1) is 19.6. The molecule has 2 amide bonds. The van der Waals surface area contributed by atoms with Crippen LogP contribution in [0, 0.1) is 3.57 Å². The van der Waals surface area contributed by atoms with E-state index in [-0.39, 0.29) is 18.0 Å².